The van der Waals surface area contributed by atoms with E-state index >= 15 is 0 Å². The number of hydrogen-bond donors (Lipinski definition) is 3. The summed E-state index contributed by atoms with van der Waals surface area (Å²) >= 11 is 0. The maximum absolute atomic E-state index is 12.5. The molecule has 1 aromatic carbocycles. The lowest BCUT2D eigenvalue weighted by atomic mass is 10.1. The highest BCUT2D eigenvalue weighted by Crippen LogP contribution is 2.29. The number of aromatic nitrogens is 1. The van der Waals surface area contributed by atoms with Gasteiger partial charge in [-0.2, -0.15) is 13.2 Å². The van der Waals surface area contributed by atoms with Gasteiger partial charge in [0.2, 0.25) is 0 Å². The predicted molar refractivity (Wildman–Crippen MR) is 76.9 cm³/mol. The second-order valence-electron chi connectivity index (χ2n) is 4.77. The van der Waals surface area contributed by atoms with Crippen molar-refractivity contribution in [3.8, 4) is 0 Å². The zero-order valence-electron chi connectivity index (χ0n) is 12.0. The van der Waals surface area contributed by atoms with Crippen LogP contribution in [-0.2, 0) is 12.7 Å². The van der Waals surface area contributed by atoms with Gasteiger partial charge in [0.15, 0.2) is 0 Å². The van der Waals surface area contributed by atoms with Gasteiger partial charge in [0.05, 0.1) is 23.0 Å². The van der Waals surface area contributed by atoms with Crippen LogP contribution in [0, 0.1) is 0 Å². The van der Waals surface area contributed by atoms with Crippen LogP contribution in [0.1, 0.15) is 32.0 Å². The number of carboxylic acid groups (broad SMARTS) is 2. The minimum atomic E-state index is -4.43. The molecular formula is C15H11F3N2O4. The number of rotatable bonds is 5. The van der Waals surface area contributed by atoms with E-state index in [0.717, 1.165) is 24.4 Å². The third-order valence-electron chi connectivity index (χ3n) is 3.12. The SMILES string of the molecule is O=C(O)c1cc(C(=O)O)c(NCc2ccc(C(F)(F)F)cc2)cn1. The molecule has 0 aliphatic heterocycles. The van der Waals surface area contributed by atoms with Crippen LogP contribution in [0.25, 0.3) is 0 Å². The first-order valence-electron chi connectivity index (χ1n) is 6.55. The zero-order valence-corrected chi connectivity index (χ0v) is 12.0. The van der Waals surface area contributed by atoms with Crippen molar-refractivity contribution in [2.75, 3.05) is 5.32 Å². The zero-order chi connectivity index (χ0) is 17.9. The Kier molecular flexibility index (Phi) is 4.72. The highest BCUT2D eigenvalue weighted by atomic mass is 19.4. The number of carbonyl (C=O) groups is 2. The van der Waals surface area contributed by atoms with Gasteiger partial charge in [0, 0.05) is 6.54 Å². The molecule has 0 saturated heterocycles. The van der Waals surface area contributed by atoms with E-state index < -0.39 is 29.4 Å². The van der Waals surface area contributed by atoms with Crippen molar-refractivity contribution in [1.29, 1.82) is 0 Å². The van der Waals surface area contributed by atoms with E-state index in [-0.39, 0.29) is 17.8 Å². The van der Waals surface area contributed by atoms with Crippen molar-refractivity contribution in [2.24, 2.45) is 0 Å². The smallest absolute Gasteiger partial charge is 0.416 e. The number of aromatic carboxylic acids is 2. The van der Waals surface area contributed by atoms with Gasteiger partial charge in [-0.15, -0.1) is 0 Å². The summed E-state index contributed by atoms with van der Waals surface area (Å²) in [6, 6.07) is 5.26. The molecule has 24 heavy (non-hydrogen) atoms. The quantitative estimate of drug-likeness (QED) is 0.773. The lowest BCUT2D eigenvalue weighted by Gasteiger charge is -2.11. The Hall–Kier alpha value is -3.10. The van der Waals surface area contributed by atoms with E-state index in [1.807, 2.05) is 0 Å². The highest BCUT2D eigenvalue weighted by Gasteiger charge is 2.29. The summed E-state index contributed by atoms with van der Waals surface area (Å²) in [7, 11) is 0. The van der Waals surface area contributed by atoms with E-state index in [0.29, 0.717) is 5.56 Å². The van der Waals surface area contributed by atoms with Crippen LogP contribution < -0.4 is 5.32 Å². The van der Waals surface area contributed by atoms with Crippen molar-refractivity contribution in [3.05, 3.63) is 58.9 Å². The Morgan fingerprint density at radius 3 is 2.21 bits per heavy atom. The van der Waals surface area contributed by atoms with Gasteiger partial charge in [-0.1, -0.05) is 12.1 Å². The molecule has 3 N–H and O–H groups in total. The van der Waals surface area contributed by atoms with Gasteiger partial charge in [-0.25, -0.2) is 14.6 Å². The number of alkyl halides is 3. The summed E-state index contributed by atoms with van der Waals surface area (Å²) in [5.74, 6) is -2.72. The highest BCUT2D eigenvalue weighted by molar-refractivity contribution is 5.97. The number of hydrogen-bond acceptors (Lipinski definition) is 4. The van der Waals surface area contributed by atoms with Gasteiger partial charge in [0.25, 0.3) is 0 Å². The predicted octanol–water partition coefficient (Wildman–Crippen LogP) is 3.11. The average molecular weight is 340 g/mol. The average Bonchev–Trinajstić information content (AvgIpc) is 2.52. The fourth-order valence-corrected chi connectivity index (χ4v) is 1.90. The van der Waals surface area contributed by atoms with Crippen molar-refractivity contribution in [2.45, 2.75) is 12.7 Å². The number of nitrogens with zero attached hydrogens (tertiary/aromatic N) is 1. The van der Waals surface area contributed by atoms with Crippen LogP contribution in [0.15, 0.2) is 36.5 Å². The second kappa shape index (κ2) is 6.57. The Balaban J connectivity index is 2.17. The minimum absolute atomic E-state index is 0.0481. The molecule has 0 aliphatic rings. The van der Waals surface area contributed by atoms with Crippen LogP contribution in [0.4, 0.5) is 18.9 Å². The lowest BCUT2D eigenvalue weighted by Crippen LogP contribution is -2.10. The molecule has 2 rings (SSSR count). The van der Waals surface area contributed by atoms with Gasteiger partial charge in [0.1, 0.15) is 5.69 Å². The molecule has 0 atom stereocenters. The molecular weight excluding hydrogens is 329 g/mol. The summed E-state index contributed by atoms with van der Waals surface area (Å²) in [4.78, 5) is 25.6. The number of nitrogens with one attached hydrogen (secondary N) is 1. The Bertz CT molecular complexity index is 773. The number of pyridine rings is 1. The van der Waals surface area contributed by atoms with Gasteiger partial charge >= 0.3 is 18.1 Å². The lowest BCUT2D eigenvalue weighted by molar-refractivity contribution is -0.137. The van der Waals surface area contributed by atoms with Crippen LogP contribution in [-0.4, -0.2) is 27.1 Å². The molecule has 6 nitrogen and oxygen atoms in total. The maximum Gasteiger partial charge on any atom is 0.416 e. The summed E-state index contributed by atoms with van der Waals surface area (Å²) < 4.78 is 37.4. The molecule has 0 radical (unpaired) electrons. The Morgan fingerprint density at radius 2 is 1.71 bits per heavy atom. The van der Waals surface area contributed by atoms with Crippen molar-refractivity contribution in [1.82, 2.24) is 4.98 Å². The topological polar surface area (TPSA) is 99.5 Å². The molecule has 0 fully saturated rings. The molecule has 9 heteroatoms. The standard InChI is InChI=1S/C15H11F3N2O4/c16-15(17,18)9-3-1-8(2-4-9)6-19-12-7-20-11(14(23)24)5-10(12)13(21)22/h1-5,7,19H,6H2,(H,21,22)(H,23,24). The molecule has 126 valence electrons. The number of benzene rings is 1. The third kappa shape index (κ3) is 4.00. The third-order valence-corrected chi connectivity index (χ3v) is 3.12. The normalized spacial score (nSPS) is 11.1. The van der Waals surface area contributed by atoms with Crippen LogP contribution in [0.2, 0.25) is 0 Å². The fourth-order valence-electron chi connectivity index (χ4n) is 1.90. The molecule has 1 heterocycles. The molecule has 0 spiro atoms. The Labute approximate surface area is 133 Å². The van der Waals surface area contributed by atoms with E-state index in [9.17, 15) is 22.8 Å². The molecule has 1 aromatic heterocycles. The van der Waals surface area contributed by atoms with Crippen LogP contribution in [0.3, 0.4) is 0 Å². The maximum atomic E-state index is 12.5. The first-order chi connectivity index (χ1) is 11.2. The molecule has 2 aromatic rings. The van der Waals surface area contributed by atoms with Crippen LogP contribution in [0.5, 0.6) is 0 Å². The monoisotopic (exact) mass is 340 g/mol. The molecule has 0 saturated carbocycles. The van der Waals surface area contributed by atoms with Gasteiger partial charge < -0.3 is 15.5 Å². The van der Waals surface area contributed by atoms with Gasteiger partial charge in [-0.05, 0) is 23.8 Å². The summed E-state index contributed by atoms with van der Waals surface area (Å²) in [6.07, 6.45) is -3.38. The molecule has 0 aliphatic carbocycles. The van der Waals surface area contributed by atoms with E-state index in [1.54, 1.807) is 0 Å². The minimum Gasteiger partial charge on any atom is -0.478 e. The molecule has 0 bridgehead atoms. The van der Waals surface area contributed by atoms with Crippen molar-refractivity contribution in [3.63, 3.8) is 0 Å². The van der Waals surface area contributed by atoms with Crippen molar-refractivity contribution >= 4 is 17.6 Å². The van der Waals surface area contributed by atoms with Crippen molar-refractivity contribution < 1.29 is 33.0 Å². The Morgan fingerprint density at radius 1 is 1.08 bits per heavy atom. The fraction of sp³-hybridized carbons (Fsp3) is 0.133. The van der Waals surface area contributed by atoms with E-state index in [4.69, 9.17) is 10.2 Å². The first kappa shape index (κ1) is 17.3. The largest absolute Gasteiger partial charge is 0.478 e. The van der Waals surface area contributed by atoms with E-state index in [2.05, 4.69) is 10.3 Å². The van der Waals surface area contributed by atoms with Gasteiger partial charge in [-0.3, -0.25) is 0 Å². The van der Waals surface area contributed by atoms with Crippen LogP contribution >= 0.6 is 0 Å². The number of anilines is 1. The number of halogens is 3. The molecule has 0 unspecified atom stereocenters. The summed E-state index contributed by atoms with van der Waals surface area (Å²) in [5.41, 5.74) is -0.958. The molecule has 0 amide bonds. The number of carboxylic acids is 2. The first-order valence-corrected chi connectivity index (χ1v) is 6.55. The van der Waals surface area contributed by atoms with E-state index in [1.165, 1.54) is 12.1 Å². The summed E-state index contributed by atoms with van der Waals surface area (Å²) in [6.45, 7) is 0.0481. The summed E-state index contributed by atoms with van der Waals surface area (Å²) in [5, 5.41) is 20.6. The second-order valence-corrected chi connectivity index (χ2v) is 4.77.